The van der Waals surface area contributed by atoms with Gasteiger partial charge >= 0.3 is 6.09 Å². The van der Waals surface area contributed by atoms with Crippen LogP contribution < -0.4 is 5.73 Å². The fraction of sp³-hybridized carbons (Fsp3) is 0.133. The highest BCUT2D eigenvalue weighted by atomic mass is 79.9. The molecule has 2 aromatic carbocycles. The molecule has 0 radical (unpaired) electrons. The maximum atomic E-state index is 9.37. The lowest BCUT2D eigenvalue weighted by Gasteiger charge is -2.00. The van der Waals surface area contributed by atoms with Crippen LogP contribution in [0.1, 0.15) is 11.1 Å². The molecule has 20 heavy (non-hydrogen) atoms. The van der Waals surface area contributed by atoms with Crippen LogP contribution in [0.5, 0.6) is 0 Å². The zero-order chi connectivity index (χ0) is 14.7. The number of hydrogen-bond acceptors (Lipinski definition) is 2. The normalized spacial score (nSPS) is 10.9. The van der Waals surface area contributed by atoms with Crippen LogP contribution in [-0.2, 0) is 11.2 Å². The second-order valence-corrected chi connectivity index (χ2v) is 6.13. The number of halogens is 2. The van der Waals surface area contributed by atoms with Gasteiger partial charge in [-0.25, -0.2) is 4.79 Å². The van der Waals surface area contributed by atoms with Crippen molar-refractivity contribution in [3.05, 3.63) is 56.5 Å². The van der Waals surface area contributed by atoms with Crippen LogP contribution in [0.3, 0.4) is 0 Å². The average molecular weight is 399 g/mol. The van der Waals surface area contributed by atoms with E-state index in [0.717, 1.165) is 15.4 Å². The quantitative estimate of drug-likeness (QED) is 0.606. The Bertz CT molecular complexity index is 607. The molecule has 0 aromatic heterocycles. The molecule has 0 saturated carbocycles. The number of benzene rings is 2. The lowest BCUT2D eigenvalue weighted by atomic mass is 10.1. The Morgan fingerprint density at radius 3 is 1.80 bits per heavy atom. The number of ether oxygens (including phenoxy) is 1. The molecule has 3 nitrogen and oxygen atoms in total. The fourth-order valence-electron chi connectivity index (χ4n) is 2.15. The predicted octanol–water partition coefficient (Wildman–Crippen LogP) is 4.49. The number of nitrogens with two attached hydrogens (primary N) is 1. The Balaban J connectivity index is 0.000000257. The number of primary amides is 1. The van der Waals surface area contributed by atoms with E-state index in [-0.39, 0.29) is 0 Å². The molecule has 0 bridgehead atoms. The second-order valence-electron chi connectivity index (χ2n) is 4.30. The van der Waals surface area contributed by atoms with E-state index < -0.39 is 6.09 Å². The van der Waals surface area contributed by atoms with E-state index >= 15 is 0 Å². The van der Waals surface area contributed by atoms with Gasteiger partial charge in [0.05, 0.1) is 7.11 Å². The number of rotatable bonds is 0. The van der Waals surface area contributed by atoms with Crippen LogP contribution in [0.4, 0.5) is 4.79 Å². The van der Waals surface area contributed by atoms with E-state index in [1.807, 2.05) is 0 Å². The van der Waals surface area contributed by atoms with Crippen molar-refractivity contribution < 1.29 is 9.53 Å². The van der Waals surface area contributed by atoms with E-state index in [2.05, 4.69) is 78.7 Å². The molecule has 5 heteroatoms. The van der Waals surface area contributed by atoms with Gasteiger partial charge in [-0.2, -0.15) is 0 Å². The van der Waals surface area contributed by atoms with E-state index in [4.69, 9.17) is 0 Å². The van der Waals surface area contributed by atoms with E-state index in [1.165, 1.54) is 29.4 Å². The molecule has 0 fully saturated rings. The van der Waals surface area contributed by atoms with Crippen LogP contribution >= 0.6 is 31.9 Å². The number of amides is 1. The highest BCUT2D eigenvalue weighted by Gasteiger charge is 2.18. The first kappa shape index (κ1) is 15.1. The van der Waals surface area contributed by atoms with Crippen molar-refractivity contribution >= 4 is 38.0 Å². The third kappa shape index (κ3) is 3.41. The minimum absolute atomic E-state index is 0.745. The van der Waals surface area contributed by atoms with Gasteiger partial charge in [0.1, 0.15) is 0 Å². The number of methoxy groups -OCH3 is 1. The van der Waals surface area contributed by atoms with Crippen molar-refractivity contribution in [3.63, 3.8) is 0 Å². The zero-order valence-electron chi connectivity index (χ0n) is 10.8. The van der Waals surface area contributed by atoms with Crippen molar-refractivity contribution in [2.24, 2.45) is 5.73 Å². The summed E-state index contributed by atoms with van der Waals surface area (Å²) < 4.78 is 6.21. The standard InChI is InChI=1S/C13H8Br2.C2H5NO2/c14-10-1-3-12-8(6-10)5-9-7-11(15)2-4-13(9)12;1-5-2(3)4/h1-4,6-7H,5H2;1H3,(H2,3,4). The van der Waals surface area contributed by atoms with E-state index in [1.54, 1.807) is 0 Å². The molecule has 3 rings (SSSR count). The third-order valence-electron chi connectivity index (χ3n) is 3.01. The Kier molecular flexibility index (Phi) is 4.83. The highest BCUT2D eigenvalue weighted by molar-refractivity contribution is 9.10. The summed E-state index contributed by atoms with van der Waals surface area (Å²) in [6.07, 6.45) is 0.300. The van der Waals surface area contributed by atoms with Gasteiger partial charge in [-0.05, 0) is 52.9 Å². The summed E-state index contributed by atoms with van der Waals surface area (Å²) in [6.45, 7) is 0. The molecule has 1 aliphatic carbocycles. The molecule has 0 atom stereocenters. The van der Waals surface area contributed by atoms with Crippen LogP contribution in [0.15, 0.2) is 45.3 Å². The Labute approximate surface area is 134 Å². The molecule has 0 heterocycles. The first-order valence-electron chi connectivity index (χ1n) is 5.92. The molecule has 0 unspecified atom stereocenters. The van der Waals surface area contributed by atoms with Crippen LogP contribution in [0.25, 0.3) is 11.1 Å². The fourth-order valence-corrected chi connectivity index (χ4v) is 2.96. The summed E-state index contributed by atoms with van der Waals surface area (Å²) in [7, 11) is 1.22. The molecule has 104 valence electrons. The predicted molar refractivity (Wildman–Crippen MR) is 86.7 cm³/mol. The van der Waals surface area contributed by atoms with Gasteiger partial charge in [0.25, 0.3) is 0 Å². The summed E-state index contributed by atoms with van der Waals surface area (Å²) in [5.41, 5.74) is 10.0. The van der Waals surface area contributed by atoms with Gasteiger partial charge < -0.3 is 10.5 Å². The van der Waals surface area contributed by atoms with Gasteiger partial charge in [-0.3, -0.25) is 0 Å². The molecule has 0 saturated heterocycles. The minimum Gasteiger partial charge on any atom is -0.453 e. The van der Waals surface area contributed by atoms with Crippen LogP contribution in [0.2, 0.25) is 0 Å². The Morgan fingerprint density at radius 2 is 1.45 bits per heavy atom. The first-order valence-corrected chi connectivity index (χ1v) is 7.50. The number of carbonyl (C=O) groups is 1. The molecule has 2 N–H and O–H groups in total. The Hall–Kier alpha value is -1.33. The molecular weight excluding hydrogens is 386 g/mol. The second kappa shape index (κ2) is 6.41. The third-order valence-corrected chi connectivity index (χ3v) is 3.99. The lowest BCUT2D eigenvalue weighted by Crippen LogP contribution is -2.08. The van der Waals surface area contributed by atoms with Crippen LogP contribution in [0, 0.1) is 0 Å². The molecule has 0 aliphatic heterocycles. The molecule has 1 amide bonds. The summed E-state index contributed by atoms with van der Waals surface area (Å²) in [5, 5.41) is 0. The zero-order valence-corrected chi connectivity index (χ0v) is 14.0. The highest BCUT2D eigenvalue weighted by Crippen LogP contribution is 2.38. The van der Waals surface area contributed by atoms with Crippen molar-refractivity contribution in [3.8, 4) is 11.1 Å². The van der Waals surface area contributed by atoms with Gasteiger partial charge in [0.15, 0.2) is 0 Å². The summed E-state index contributed by atoms with van der Waals surface area (Å²) in [6, 6.07) is 13.0. The van der Waals surface area contributed by atoms with Crippen molar-refractivity contribution in [1.29, 1.82) is 0 Å². The smallest absolute Gasteiger partial charge is 0.404 e. The van der Waals surface area contributed by atoms with E-state index in [9.17, 15) is 4.79 Å². The summed E-state index contributed by atoms with van der Waals surface area (Å²) in [4.78, 5) is 9.37. The van der Waals surface area contributed by atoms with Gasteiger partial charge in [-0.15, -0.1) is 0 Å². The SMILES string of the molecule is Brc1ccc2c(c1)Cc1cc(Br)ccc1-2.COC(N)=O. The number of fused-ring (bicyclic) bond motifs is 3. The first-order chi connectivity index (χ1) is 9.51. The Morgan fingerprint density at radius 1 is 1.05 bits per heavy atom. The monoisotopic (exact) mass is 397 g/mol. The van der Waals surface area contributed by atoms with E-state index in [0.29, 0.717) is 0 Å². The largest absolute Gasteiger partial charge is 0.453 e. The van der Waals surface area contributed by atoms with Gasteiger partial charge in [0.2, 0.25) is 0 Å². The minimum atomic E-state index is -0.745. The molecule has 1 aliphatic rings. The molecule has 0 spiro atoms. The average Bonchev–Trinajstić information content (AvgIpc) is 2.75. The lowest BCUT2D eigenvalue weighted by molar-refractivity contribution is 0.182. The maximum Gasteiger partial charge on any atom is 0.404 e. The van der Waals surface area contributed by atoms with Crippen molar-refractivity contribution in [2.75, 3.05) is 7.11 Å². The number of carbonyl (C=O) groups excluding carboxylic acids is 1. The van der Waals surface area contributed by atoms with Gasteiger partial charge in [-0.1, -0.05) is 44.0 Å². The topological polar surface area (TPSA) is 52.3 Å². The molecule has 2 aromatic rings. The summed E-state index contributed by atoms with van der Waals surface area (Å²) in [5.74, 6) is 0. The molecular formula is C15H13Br2NO2. The van der Waals surface area contributed by atoms with Crippen molar-refractivity contribution in [2.45, 2.75) is 6.42 Å². The maximum absolute atomic E-state index is 9.37. The summed E-state index contributed by atoms with van der Waals surface area (Å²) >= 11 is 7.03. The van der Waals surface area contributed by atoms with Crippen LogP contribution in [-0.4, -0.2) is 13.2 Å². The number of hydrogen-bond donors (Lipinski definition) is 1. The van der Waals surface area contributed by atoms with Gasteiger partial charge in [0, 0.05) is 8.95 Å². The van der Waals surface area contributed by atoms with Crippen molar-refractivity contribution in [1.82, 2.24) is 0 Å².